The third-order valence-electron chi connectivity index (χ3n) is 4.21. The van der Waals surface area contributed by atoms with E-state index in [9.17, 15) is 9.50 Å². The van der Waals surface area contributed by atoms with Gasteiger partial charge in [0.15, 0.2) is 0 Å². The van der Waals surface area contributed by atoms with Gasteiger partial charge in [0.1, 0.15) is 5.82 Å². The molecule has 0 saturated heterocycles. The lowest BCUT2D eigenvalue weighted by Crippen LogP contribution is -2.26. The first-order valence-corrected chi connectivity index (χ1v) is 7.40. The summed E-state index contributed by atoms with van der Waals surface area (Å²) in [6.07, 6.45) is 4.33. The van der Waals surface area contributed by atoms with Crippen molar-refractivity contribution in [3.8, 4) is 11.4 Å². The highest BCUT2D eigenvalue weighted by atomic mass is 19.1. The molecule has 5 heteroatoms. The van der Waals surface area contributed by atoms with Crippen LogP contribution in [0.5, 0.6) is 0 Å². The second-order valence-corrected chi connectivity index (χ2v) is 5.79. The largest absolute Gasteiger partial charge is 0.393 e. The van der Waals surface area contributed by atoms with Crippen LogP contribution in [0.1, 0.15) is 37.1 Å². The Morgan fingerprint density at radius 2 is 2.14 bits per heavy atom. The van der Waals surface area contributed by atoms with Crippen LogP contribution >= 0.6 is 0 Å². The maximum atomic E-state index is 13.3. The van der Waals surface area contributed by atoms with Crippen LogP contribution in [0.25, 0.3) is 11.4 Å². The van der Waals surface area contributed by atoms with Gasteiger partial charge in [0.25, 0.3) is 0 Å². The molecule has 21 heavy (non-hydrogen) atoms. The van der Waals surface area contributed by atoms with Gasteiger partial charge in [-0.25, -0.2) is 4.39 Å². The zero-order valence-corrected chi connectivity index (χ0v) is 12.1. The summed E-state index contributed by atoms with van der Waals surface area (Å²) in [5, 5.41) is 13.9. The third kappa shape index (κ3) is 3.13. The van der Waals surface area contributed by atoms with E-state index >= 15 is 0 Å². The number of hydrogen-bond acceptors (Lipinski definition) is 4. The maximum Gasteiger partial charge on any atom is 0.227 e. The van der Waals surface area contributed by atoms with E-state index in [0.717, 1.165) is 31.2 Å². The minimum Gasteiger partial charge on any atom is -0.393 e. The van der Waals surface area contributed by atoms with E-state index < -0.39 is 0 Å². The topological polar surface area (TPSA) is 59.2 Å². The fourth-order valence-corrected chi connectivity index (χ4v) is 2.93. The molecule has 2 atom stereocenters. The van der Waals surface area contributed by atoms with Crippen molar-refractivity contribution >= 4 is 0 Å². The Kier molecular flexibility index (Phi) is 4.01. The minimum absolute atomic E-state index is 0.181. The van der Waals surface area contributed by atoms with Crippen molar-refractivity contribution in [2.75, 3.05) is 0 Å². The summed E-state index contributed by atoms with van der Waals surface area (Å²) in [6.45, 7) is 1.88. The van der Waals surface area contributed by atoms with Gasteiger partial charge in [-0.15, -0.1) is 0 Å². The molecule has 0 spiro atoms. The van der Waals surface area contributed by atoms with Gasteiger partial charge in [0.05, 0.1) is 6.10 Å². The Bertz CT molecular complexity index is 626. The number of aliphatic hydroxyl groups excluding tert-OH is 1. The maximum absolute atomic E-state index is 13.3. The van der Waals surface area contributed by atoms with E-state index in [1.807, 2.05) is 6.92 Å². The van der Waals surface area contributed by atoms with Crippen molar-refractivity contribution in [2.45, 2.75) is 45.1 Å². The molecule has 3 rings (SSSR count). The fourth-order valence-electron chi connectivity index (χ4n) is 2.93. The summed E-state index contributed by atoms with van der Waals surface area (Å²) in [5.41, 5.74) is 1.55. The van der Waals surface area contributed by atoms with Gasteiger partial charge in [0.2, 0.25) is 11.7 Å². The first kappa shape index (κ1) is 14.2. The third-order valence-corrected chi connectivity index (χ3v) is 4.21. The van der Waals surface area contributed by atoms with E-state index in [1.54, 1.807) is 6.07 Å². The van der Waals surface area contributed by atoms with Crippen LogP contribution in [-0.4, -0.2) is 21.4 Å². The Morgan fingerprint density at radius 1 is 1.33 bits per heavy atom. The molecule has 112 valence electrons. The quantitative estimate of drug-likeness (QED) is 0.942. The SMILES string of the molecule is Cc1ccc(F)cc1-c1noc(CC2CCCCC2O)n1. The molecule has 0 radical (unpaired) electrons. The van der Waals surface area contributed by atoms with Crippen molar-refractivity contribution < 1.29 is 14.0 Å². The van der Waals surface area contributed by atoms with Gasteiger partial charge >= 0.3 is 0 Å². The molecule has 0 bridgehead atoms. The summed E-state index contributed by atoms with van der Waals surface area (Å²) in [4.78, 5) is 4.36. The van der Waals surface area contributed by atoms with Crippen LogP contribution in [0.4, 0.5) is 4.39 Å². The average Bonchev–Trinajstić information content (AvgIpc) is 2.92. The lowest BCUT2D eigenvalue weighted by atomic mass is 9.84. The van der Waals surface area contributed by atoms with Gasteiger partial charge < -0.3 is 9.63 Å². The van der Waals surface area contributed by atoms with E-state index in [1.165, 1.54) is 12.1 Å². The normalized spacial score (nSPS) is 22.4. The van der Waals surface area contributed by atoms with Crippen LogP contribution in [0.15, 0.2) is 22.7 Å². The molecule has 0 aliphatic heterocycles. The highest BCUT2D eigenvalue weighted by Crippen LogP contribution is 2.28. The number of rotatable bonds is 3. The molecule has 1 aliphatic carbocycles. The first-order valence-electron chi connectivity index (χ1n) is 7.40. The Labute approximate surface area is 123 Å². The summed E-state index contributed by atoms with van der Waals surface area (Å²) < 4.78 is 18.6. The van der Waals surface area contributed by atoms with Crippen LogP contribution < -0.4 is 0 Å². The van der Waals surface area contributed by atoms with Crippen LogP contribution in [0.3, 0.4) is 0 Å². The molecule has 1 aliphatic rings. The fraction of sp³-hybridized carbons (Fsp3) is 0.500. The van der Waals surface area contributed by atoms with E-state index in [4.69, 9.17) is 4.52 Å². The minimum atomic E-state index is -0.315. The highest BCUT2D eigenvalue weighted by Gasteiger charge is 2.25. The van der Waals surface area contributed by atoms with Crippen LogP contribution in [0.2, 0.25) is 0 Å². The molecule has 1 saturated carbocycles. The summed E-state index contributed by atoms with van der Waals surface area (Å²) in [7, 11) is 0. The molecular weight excluding hydrogens is 271 g/mol. The van der Waals surface area contributed by atoms with Crippen LogP contribution in [0, 0.1) is 18.7 Å². The number of halogens is 1. The average molecular weight is 290 g/mol. The molecule has 2 unspecified atom stereocenters. The molecule has 2 aromatic rings. The Morgan fingerprint density at radius 3 is 2.95 bits per heavy atom. The Hall–Kier alpha value is -1.75. The number of aromatic nitrogens is 2. The van der Waals surface area contributed by atoms with E-state index in [-0.39, 0.29) is 17.8 Å². The lowest BCUT2D eigenvalue weighted by Gasteiger charge is -2.26. The van der Waals surface area contributed by atoms with Gasteiger partial charge in [0, 0.05) is 12.0 Å². The molecule has 1 N–H and O–H groups in total. The highest BCUT2D eigenvalue weighted by molar-refractivity contribution is 5.59. The monoisotopic (exact) mass is 290 g/mol. The number of nitrogens with zero attached hydrogens (tertiary/aromatic N) is 2. The zero-order chi connectivity index (χ0) is 14.8. The summed E-state index contributed by atoms with van der Waals surface area (Å²) in [5.74, 6) is 0.789. The number of benzene rings is 1. The standard InChI is InChI=1S/C16H19FN2O2/c1-10-6-7-12(17)9-13(10)16-18-15(21-19-16)8-11-4-2-3-5-14(11)20/h6-7,9,11,14,20H,2-5,8H2,1H3. The van der Waals surface area contributed by atoms with Gasteiger partial charge in [-0.2, -0.15) is 4.98 Å². The molecule has 1 fully saturated rings. The Balaban J connectivity index is 1.78. The molecule has 1 aromatic heterocycles. The summed E-state index contributed by atoms with van der Waals surface area (Å²) in [6, 6.07) is 4.53. The molecule has 1 aromatic carbocycles. The smallest absolute Gasteiger partial charge is 0.227 e. The van der Waals surface area contributed by atoms with Crippen LogP contribution in [-0.2, 0) is 6.42 Å². The number of aryl methyl sites for hydroxylation is 1. The van der Waals surface area contributed by atoms with E-state index in [0.29, 0.717) is 23.7 Å². The number of hydrogen-bond donors (Lipinski definition) is 1. The molecule has 1 heterocycles. The predicted molar refractivity (Wildman–Crippen MR) is 76.1 cm³/mol. The van der Waals surface area contributed by atoms with Crippen molar-refractivity contribution in [2.24, 2.45) is 5.92 Å². The van der Waals surface area contributed by atoms with Crippen molar-refractivity contribution in [3.05, 3.63) is 35.5 Å². The van der Waals surface area contributed by atoms with Crippen molar-refractivity contribution in [1.29, 1.82) is 0 Å². The second-order valence-electron chi connectivity index (χ2n) is 5.79. The van der Waals surface area contributed by atoms with Gasteiger partial charge in [-0.3, -0.25) is 0 Å². The lowest BCUT2D eigenvalue weighted by molar-refractivity contribution is 0.0657. The predicted octanol–water partition coefficient (Wildman–Crippen LogP) is 3.28. The van der Waals surface area contributed by atoms with E-state index in [2.05, 4.69) is 10.1 Å². The second kappa shape index (κ2) is 5.93. The zero-order valence-electron chi connectivity index (χ0n) is 12.1. The van der Waals surface area contributed by atoms with Gasteiger partial charge in [-0.05, 0) is 43.4 Å². The first-order chi connectivity index (χ1) is 10.1. The van der Waals surface area contributed by atoms with Crippen molar-refractivity contribution in [1.82, 2.24) is 10.1 Å². The molecule has 0 amide bonds. The summed E-state index contributed by atoms with van der Waals surface area (Å²) >= 11 is 0. The van der Waals surface area contributed by atoms with Gasteiger partial charge in [-0.1, -0.05) is 24.1 Å². The number of aliphatic hydroxyl groups is 1. The van der Waals surface area contributed by atoms with Crippen molar-refractivity contribution in [3.63, 3.8) is 0 Å². The molecular formula is C16H19FN2O2. The molecule has 4 nitrogen and oxygen atoms in total.